The van der Waals surface area contributed by atoms with Gasteiger partial charge in [0.1, 0.15) is 17.3 Å². The Morgan fingerprint density at radius 1 is 0.967 bits per heavy atom. The Hall–Kier alpha value is -3.64. The number of Topliss-reactive ketones (excluding diaryl/α,β-unsaturated/α-hetero) is 1. The smallest absolute Gasteiger partial charge is 0.300 e. The van der Waals surface area contributed by atoms with Crippen LogP contribution in [0.2, 0.25) is 5.02 Å². The number of carbonyl (C=O) groups excluding carboxylic acids is 2. The van der Waals surface area contributed by atoms with Gasteiger partial charge in [0.15, 0.2) is 0 Å². The van der Waals surface area contributed by atoms with Crippen molar-refractivity contribution in [3.8, 4) is 5.75 Å². The van der Waals surface area contributed by atoms with Gasteiger partial charge in [-0.25, -0.2) is 4.39 Å². The lowest BCUT2D eigenvalue weighted by molar-refractivity contribution is -0.132. The summed E-state index contributed by atoms with van der Waals surface area (Å²) in [5.41, 5.74) is 0.851. The lowest BCUT2D eigenvalue weighted by atomic mass is 9.95. The van der Waals surface area contributed by atoms with E-state index >= 15 is 0 Å². The SMILES string of the molecule is O=C1C(=O)N(c2ccc(Cl)cc2)C(c2cccc(O)c2)/C1=C(/O)c1ccc(F)cc1. The maximum atomic E-state index is 13.3. The number of phenolic OH excluding ortho intramolecular Hbond substituents is 1. The normalized spacial score (nSPS) is 18.1. The molecule has 5 nitrogen and oxygen atoms in total. The summed E-state index contributed by atoms with van der Waals surface area (Å²) in [7, 11) is 0. The zero-order valence-corrected chi connectivity index (χ0v) is 16.2. The van der Waals surface area contributed by atoms with Crippen LogP contribution in [-0.2, 0) is 9.59 Å². The van der Waals surface area contributed by atoms with Gasteiger partial charge in [0.25, 0.3) is 11.7 Å². The minimum atomic E-state index is -0.997. The Bertz CT molecular complexity index is 1170. The third-order valence-electron chi connectivity index (χ3n) is 4.85. The van der Waals surface area contributed by atoms with E-state index in [1.54, 1.807) is 36.4 Å². The lowest BCUT2D eigenvalue weighted by Gasteiger charge is -2.25. The third-order valence-corrected chi connectivity index (χ3v) is 5.10. The van der Waals surface area contributed by atoms with Gasteiger partial charge in [0.05, 0.1) is 11.6 Å². The fourth-order valence-corrected chi connectivity index (χ4v) is 3.60. The molecule has 30 heavy (non-hydrogen) atoms. The van der Waals surface area contributed by atoms with E-state index in [1.165, 1.54) is 29.2 Å². The molecule has 0 aliphatic carbocycles. The zero-order valence-electron chi connectivity index (χ0n) is 15.4. The summed E-state index contributed by atoms with van der Waals surface area (Å²) in [5, 5.41) is 21.3. The molecule has 2 N–H and O–H groups in total. The van der Waals surface area contributed by atoms with Gasteiger partial charge < -0.3 is 10.2 Å². The molecule has 1 aliphatic rings. The average Bonchev–Trinajstić information content (AvgIpc) is 3.00. The van der Waals surface area contributed by atoms with Gasteiger partial charge >= 0.3 is 0 Å². The van der Waals surface area contributed by atoms with Crippen LogP contribution >= 0.6 is 11.6 Å². The minimum Gasteiger partial charge on any atom is -0.508 e. The number of hydrogen-bond acceptors (Lipinski definition) is 4. The first kappa shape index (κ1) is 19.7. The molecule has 1 heterocycles. The number of aromatic hydroxyl groups is 1. The summed E-state index contributed by atoms with van der Waals surface area (Å²) < 4.78 is 13.3. The monoisotopic (exact) mass is 423 g/mol. The van der Waals surface area contributed by atoms with Gasteiger partial charge in [0, 0.05) is 16.3 Å². The molecule has 3 aromatic carbocycles. The highest BCUT2D eigenvalue weighted by Crippen LogP contribution is 2.42. The van der Waals surface area contributed by atoms with Crippen molar-refractivity contribution in [3.63, 3.8) is 0 Å². The summed E-state index contributed by atoms with van der Waals surface area (Å²) in [6.45, 7) is 0. The second-order valence-corrected chi connectivity index (χ2v) is 7.18. The first-order valence-electron chi connectivity index (χ1n) is 8.98. The van der Waals surface area contributed by atoms with E-state index in [1.807, 2.05) is 0 Å². The van der Waals surface area contributed by atoms with Crippen molar-refractivity contribution >= 4 is 34.7 Å². The van der Waals surface area contributed by atoms with Crippen molar-refractivity contribution in [1.29, 1.82) is 0 Å². The number of aliphatic hydroxyl groups is 1. The zero-order chi connectivity index (χ0) is 21.4. The molecule has 1 fully saturated rings. The fraction of sp³-hybridized carbons (Fsp3) is 0.0435. The van der Waals surface area contributed by atoms with Gasteiger partial charge in [-0.3, -0.25) is 14.5 Å². The molecule has 1 amide bonds. The standard InChI is InChI=1S/C23H15ClFNO4/c24-15-6-10-17(11-7-15)26-20(14-2-1-3-18(27)12-14)19(22(29)23(26)30)21(28)13-4-8-16(25)9-5-13/h1-12,20,27-28H/b21-19-. The van der Waals surface area contributed by atoms with E-state index in [0.717, 1.165) is 12.1 Å². The molecule has 1 aliphatic heterocycles. The van der Waals surface area contributed by atoms with Crippen LogP contribution in [0.3, 0.4) is 0 Å². The van der Waals surface area contributed by atoms with Crippen molar-refractivity contribution in [2.45, 2.75) is 6.04 Å². The molecule has 0 bridgehead atoms. The number of amides is 1. The Balaban J connectivity index is 1.95. The number of hydrogen-bond donors (Lipinski definition) is 2. The van der Waals surface area contributed by atoms with Crippen LogP contribution in [0.5, 0.6) is 5.75 Å². The van der Waals surface area contributed by atoms with Gasteiger partial charge in [-0.05, 0) is 66.2 Å². The summed E-state index contributed by atoms with van der Waals surface area (Å²) in [6.07, 6.45) is 0. The molecule has 4 rings (SSSR count). The highest BCUT2D eigenvalue weighted by Gasteiger charge is 2.47. The van der Waals surface area contributed by atoms with Gasteiger partial charge in [-0.2, -0.15) is 0 Å². The largest absolute Gasteiger partial charge is 0.508 e. The number of carbonyl (C=O) groups is 2. The molecular formula is C23H15ClFNO4. The molecular weight excluding hydrogens is 409 g/mol. The highest BCUT2D eigenvalue weighted by molar-refractivity contribution is 6.51. The van der Waals surface area contributed by atoms with E-state index in [9.17, 15) is 24.2 Å². The molecule has 0 aromatic heterocycles. The number of halogens is 2. The second-order valence-electron chi connectivity index (χ2n) is 6.75. The fourth-order valence-electron chi connectivity index (χ4n) is 3.47. The Morgan fingerprint density at radius 3 is 2.27 bits per heavy atom. The number of benzene rings is 3. The summed E-state index contributed by atoms with van der Waals surface area (Å²) >= 11 is 5.95. The van der Waals surface area contributed by atoms with Gasteiger partial charge in [-0.15, -0.1) is 0 Å². The van der Waals surface area contributed by atoms with Crippen molar-refractivity contribution in [1.82, 2.24) is 0 Å². The number of aliphatic hydroxyl groups excluding tert-OH is 1. The molecule has 0 radical (unpaired) electrons. The summed E-state index contributed by atoms with van der Waals surface area (Å²) in [5.74, 6) is -2.72. The average molecular weight is 424 g/mol. The van der Waals surface area contributed by atoms with Crippen LogP contribution in [0, 0.1) is 5.82 Å². The first-order chi connectivity index (χ1) is 14.4. The molecule has 7 heteroatoms. The molecule has 0 spiro atoms. The molecule has 150 valence electrons. The Labute approximate surface area is 176 Å². The highest BCUT2D eigenvalue weighted by atomic mass is 35.5. The maximum absolute atomic E-state index is 13.3. The van der Waals surface area contributed by atoms with Crippen molar-refractivity contribution < 1.29 is 24.2 Å². The van der Waals surface area contributed by atoms with Crippen LogP contribution < -0.4 is 4.90 Å². The summed E-state index contributed by atoms with van der Waals surface area (Å²) in [6, 6.07) is 16.3. The number of phenols is 1. The number of rotatable bonds is 3. The van der Waals surface area contributed by atoms with Crippen LogP contribution in [-0.4, -0.2) is 21.9 Å². The third kappa shape index (κ3) is 3.42. The van der Waals surface area contributed by atoms with E-state index in [0.29, 0.717) is 16.3 Å². The maximum Gasteiger partial charge on any atom is 0.300 e. The van der Waals surface area contributed by atoms with E-state index in [-0.39, 0.29) is 16.9 Å². The predicted molar refractivity (Wildman–Crippen MR) is 111 cm³/mol. The number of ketones is 1. The Morgan fingerprint density at radius 2 is 1.63 bits per heavy atom. The van der Waals surface area contributed by atoms with Crippen LogP contribution in [0.4, 0.5) is 10.1 Å². The van der Waals surface area contributed by atoms with Crippen LogP contribution in [0.25, 0.3) is 5.76 Å². The van der Waals surface area contributed by atoms with Crippen molar-refractivity contribution in [2.75, 3.05) is 4.90 Å². The number of nitrogens with zero attached hydrogens (tertiary/aromatic N) is 1. The van der Waals surface area contributed by atoms with Crippen molar-refractivity contribution in [3.05, 3.63) is 100 Å². The molecule has 3 aromatic rings. The predicted octanol–water partition coefficient (Wildman–Crippen LogP) is 4.81. The number of anilines is 1. The van der Waals surface area contributed by atoms with Gasteiger partial charge in [-0.1, -0.05) is 23.7 Å². The molecule has 1 saturated heterocycles. The molecule has 1 unspecified atom stereocenters. The topological polar surface area (TPSA) is 77.8 Å². The van der Waals surface area contributed by atoms with Gasteiger partial charge in [0.2, 0.25) is 0 Å². The van der Waals surface area contributed by atoms with E-state index in [2.05, 4.69) is 0 Å². The van der Waals surface area contributed by atoms with E-state index in [4.69, 9.17) is 11.6 Å². The van der Waals surface area contributed by atoms with Crippen molar-refractivity contribution in [2.24, 2.45) is 0 Å². The Kier molecular flexibility index (Phi) is 5.01. The lowest BCUT2D eigenvalue weighted by Crippen LogP contribution is -2.29. The van der Waals surface area contributed by atoms with Crippen LogP contribution in [0.15, 0.2) is 78.4 Å². The second kappa shape index (κ2) is 7.65. The summed E-state index contributed by atoms with van der Waals surface area (Å²) in [4.78, 5) is 27.1. The van der Waals surface area contributed by atoms with E-state index < -0.39 is 29.3 Å². The quantitative estimate of drug-likeness (QED) is 0.360. The minimum absolute atomic E-state index is 0.0593. The van der Waals surface area contributed by atoms with Crippen LogP contribution in [0.1, 0.15) is 17.2 Å². The first-order valence-corrected chi connectivity index (χ1v) is 9.36. The molecule has 1 atom stereocenters. The molecule has 0 saturated carbocycles.